The fourth-order valence-electron chi connectivity index (χ4n) is 1.35. The summed E-state index contributed by atoms with van der Waals surface area (Å²) in [5.74, 6) is -0.582. The van der Waals surface area contributed by atoms with Crippen molar-refractivity contribution in [1.82, 2.24) is 9.97 Å². The van der Waals surface area contributed by atoms with Gasteiger partial charge in [0.2, 0.25) is 0 Å². The van der Waals surface area contributed by atoms with Gasteiger partial charge in [-0.15, -0.1) is 0 Å². The molecule has 1 heterocycles. The van der Waals surface area contributed by atoms with Crippen LogP contribution >= 0.6 is 15.9 Å². The number of esters is 1. The largest absolute Gasteiger partial charge is 0.464 e. The van der Waals surface area contributed by atoms with Gasteiger partial charge in [0.25, 0.3) is 0 Å². The summed E-state index contributed by atoms with van der Waals surface area (Å²) in [6.45, 7) is 0. The van der Waals surface area contributed by atoms with Gasteiger partial charge >= 0.3 is 5.97 Å². The lowest BCUT2D eigenvalue weighted by Crippen LogP contribution is -2.05. The van der Waals surface area contributed by atoms with E-state index in [9.17, 15) is 9.18 Å². The molecule has 0 aliphatic heterocycles. The summed E-state index contributed by atoms with van der Waals surface area (Å²) in [6, 6.07) is 5.84. The highest BCUT2D eigenvalue weighted by Gasteiger charge is 2.10. The third kappa shape index (κ3) is 2.53. The molecule has 4 nitrogen and oxygen atoms in total. The first-order valence-electron chi connectivity index (χ1n) is 4.98. The Morgan fingerprint density at radius 3 is 2.83 bits per heavy atom. The van der Waals surface area contributed by atoms with E-state index in [-0.39, 0.29) is 11.5 Å². The second kappa shape index (κ2) is 5.22. The van der Waals surface area contributed by atoms with Crippen LogP contribution in [-0.4, -0.2) is 23.0 Å². The Morgan fingerprint density at radius 2 is 2.17 bits per heavy atom. The number of carbonyl (C=O) groups is 1. The van der Waals surface area contributed by atoms with Gasteiger partial charge in [-0.1, -0.05) is 0 Å². The van der Waals surface area contributed by atoms with E-state index in [1.165, 1.54) is 31.5 Å². The highest BCUT2D eigenvalue weighted by Crippen LogP contribution is 2.22. The van der Waals surface area contributed by atoms with Crippen molar-refractivity contribution in [2.24, 2.45) is 0 Å². The van der Waals surface area contributed by atoms with Crippen molar-refractivity contribution in [2.45, 2.75) is 0 Å². The van der Waals surface area contributed by atoms with E-state index in [0.29, 0.717) is 15.9 Å². The smallest absolute Gasteiger partial charge is 0.356 e. The van der Waals surface area contributed by atoms with Crippen LogP contribution in [0.1, 0.15) is 10.5 Å². The lowest BCUT2D eigenvalue weighted by molar-refractivity contribution is 0.0594. The van der Waals surface area contributed by atoms with Crippen molar-refractivity contribution >= 4 is 21.9 Å². The third-order valence-electron chi connectivity index (χ3n) is 2.23. The molecule has 0 aliphatic rings. The molecule has 2 aromatic rings. The van der Waals surface area contributed by atoms with Crippen molar-refractivity contribution < 1.29 is 13.9 Å². The first-order chi connectivity index (χ1) is 8.61. The van der Waals surface area contributed by atoms with E-state index in [0.717, 1.165) is 0 Å². The average Bonchev–Trinajstić information content (AvgIpc) is 2.41. The van der Waals surface area contributed by atoms with E-state index in [2.05, 4.69) is 30.6 Å². The lowest BCUT2D eigenvalue weighted by Gasteiger charge is -2.03. The Kier molecular flexibility index (Phi) is 3.66. The Balaban J connectivity index is 2.44. The predicted octanol–water partition coefficient (Wildman–Crippen LogP) is 2.83. The molecule has 0 amide bonds. The average molecular weight is 311 g/mol. The van der Waals surface area contributed by atoms with Gasteiger partial charge in [-0.05, 0) is 40.2 Å². The number of nitrogens with zero attached hydrogens (tertiary/aromatic N) is 2. The van der Waals surface area contributed by atoms with E-state index in [1.54, 1.807) is 6.07 Å². The molecule has 0 N–H and O–H groups in total. The van der Waals surface area contributed by atoms with Gasteiger partial charge in [0.05, 0.1) is 11.6 Å². The highest BCUT2D eigenvalue weighted by molar-refractivity contribution is 9.10. The first kappa shape index (κ1) is 12.6. The molecule has 0 spiro atoms. The van der Waals surface area contributed by atoms with Crippen molar-refractivity contribution in [3.8, 4) is 11.4 Å². The summed E-state index contributed by atoms with van der Waals surface area (Å²) in [6.07, 6.45) is 1.45. The molecule has 0 fully saturated rings. The van der Waals surface area contributed by atoms with Gasteiger partial charge in [0.15, 0.2) is 11.5 Å². The molecule has 0 atom stereocenters. The summed E-state index contributed by atoms with van der Waals surface area (Å²) in [4.78, 5) is 19.4. The second-order valence-electron chi connectivity index (χ2n) is 3.39. The van der Waals surface area contributed by atoms with Crippen LogP contribution in [0.5, 0.6) is 0 Å². The van der Waals surface area contributed by atoms with Gasteiger partial charge in [0.1, 0.15) is 5.82 Å². The van der Waals surface area contributed by atoms with Crippen LogP contribution in [0, 0.1) is 5.82 Å². The topological polar surface area (TPSA) is 52.1 Å². The van der Waals surface area contributed by atoms with Gasteiger partial charge in [-0.2, -0.15) is 0 Å². The minimum Gasteiger partial charge on any atom is -0.464 e. The molecule has 92 valence electrons. The maximum atomic E-state index is 13.1. The quantitative estimate of drug-likeness (QED) is 0.800. The molecule has 0 aliphatic carbocycles. The maximum Gasteiger partial charge on any atom is 0.356 e. The lowest BCUT2D eigenvalue weighted by atomic mass is 10.2. The number of ether oxygens (including phenoxy) is 1. The Morgan fingerprint density at radius 1 is 1.39 bits per heavy atom. The Hall–Kier alpha value is -1.82. The molecule has 1 aromatic heterocycles. The minimum absolute atomic E-state index is 0.156. The fourth-order valence-corrected chi connectivity index (χ4v) is 1.73. The van der Waals surface area contributed by atoms with Crippen molar-refractivity contribution in [2.75, 3.05) is 7.11 Å². The number of benzene rings is 1. The highest BCUT2D eigenvalue weighted by atomic mass is 79.9. The molecule has 1 aromatic carbocycles. The van der Waals surface area contributed by atoms with Gasteiger partial charge < -0.3 is 4.74 Å². The number of carbonyl (C=O) groups excluding carboxylic acids is 1. The molecule has 18 heavy (non-hydrogen) atoms. The molecule has 2 rings (SSSR count). The van der Waals surface area contributed by atoms with Crippen LogP contribution < -0.4 is 0 Å². The molecular formula is C12H8BrFN2O2. The van der Waals surface area contributed by atoms with E-state index in [1.807, 2.05) is 0 Å². The van der Waals surface area contributed by atoms with Gasteiger partial charge in [-0.25, -0.2) is 19.2 Å². The summed E-state index contributed by atoms with van der Waals surface area (Å²) in [7, 11) is 1.28. The molecule has 6 heteroatoms. The van der Waals surface area contributed by atoms with E-state index < -0.39 is 5.97 Å². The maximum absolute atomic E-state index is 13.1. The number of rotatable bonds is 2. The van der Waals surface area contributed by atoms with Crippen LogP contribution in [0.4, 0.5) is 4.39 Å². The van der Waals surface area contributed by atoms with Gasteiger partial charge in [-0.3, -0.25) is 0 Å². The Labute approximate surface area is 111 Å². The van der Waals surface area contributed by atoms with Crippen LogP contribution in [0.15, 0.2) is 34.9 Å². The molecular weight excluding hydrogens is 303 g/mol. The van der Waals surface area contributed by atoms with E-state index in [4.69, 9.17) is 0 Å². The SMILES string of the molecule is COC(=O)c1ccnc(-c2ccc(F)c(Br)c2)n1. The molecule has 0 bridgehead atoms. The van der Waals surface area contributed by atoms with Crippen molar-refractivity contribution in [3.05, 3.63) is 46.4 Å². The number of hydrogen-bond donors (Lipinski definition) is 0. The molecule has 0 saturated carbocycles. The zero-order chi connectivity index (χ0) is 13.1. The third-order valence-corrected chi connectivity index (χ3v) is 2.84. The second-order valence-corrected chi connectivity index (χ2v) is 4.24. The molecule has 0 unspecified atom stereocenters. The number of aromatic nitrogens is 2. The Bertz CT molecular complexity index is 604. The van der Waals surface area contributed by atoms with Crippen LogP contribution in [0.3, 0.4) is 0 Å². The standard InChI is InChI=1S/C12H8BrFN2O2/c1-18-12(17)10-4-5-15-11(16-10)7-2-3-9(14)8(13)6-7/h2-6H,1H3. The van der Waals surface area contributed by atoms with Crippen LogP contribution in [0.2, 0.25) is 0 Å². The van der Waals surface area contributed by atoms with Crippen LogP contribution in [-0.2, 0) is 4.74 Å². The summed E-state index contributed by atoms with van der Waals surface area (Å²) < 4.78 is 18.0. The zero-order valence-corrected chi connectivity index (χ0v) is 10.9. The van der Waals surface area contributed by atoms with Crippen molar-refractivity contribution in [1.29, 1.82) is 0 Å². The van der Waals surface area contributed by atoms with E-state index >= 15 is 0 Å². The summed E-state index contributed by atoms with van der Waals surface area (Å²) in [5.41, 5.74) is 0.761. The molecule has 0 radical (unpaired) electrons. The van der Waals surface area contributed by atoms with Crippen molar-refractivity contribution in [3.63, 3.8) is 0 Å². The normalized spacial score (nSPS) is 10.2. The molecule has 0 saturated heterocycles. The van der Waals surface area contributed by atoms with Gasteiger partial charge in [0, 0.05) is 11.8 Å². The summed E-state index contributed by atoms with van der Waals surface area (Å²) >= 11 is 3.08. The number of methoxy groups -OCH3 is 1. The monoisotopic (exact) mass is 310 g/mol. The summed E-state index contributed by atoms with van der Waals surface area (Å²) in [5, 5.41) is 0. The number of hydrogen-bond acceptors (Lipinski definition) is 4. The predicted molar refractivity (Wildman–Crippen MR) is 66.5 cm³/mol. The fraction of sp³-hybridized carbons (Fsp3) is 0.0833. The van der Waals surface area contributed by atoms with Crippen LogP contribution in [0.25, 0.3) is 11.4 Å². The first-order valence-corrected chi connectivity index (χ1v) is 5.78. The minimum atomic E-state index is -0.542. The number of halogens is 2. The zero-order valence-electron chi connectivity index (χ0n) is 9.35.